The largest absolute Gasteiger partial charge is 0.313 e. The van der Waals surface area contributed by atoms with Crippen molar-refractivity contribution in [1.82, 2.24) is 5.32 Å². The number of aryl methyl sites for hydroxylation is 1. The zero-order valence-corrected chi connectivity index (χ0v) is 13.1. The van der Waals surface area contributed by atoms with E-state index in [0.29, 0.717) is 5.41 Å². The third kappa shape index (κ3) is 9.23. The molecule has 18 heavy (non-hydrogen) atoms. The third-order valence-electron chi connectivity index (χ3n) is 2.73. The third-order valence-corrected chi connectivity index (χ3v) is 2.73. The van der Waals surface area contributed by atoms with Crippen molar-refractivity contribution < 1.29 is 0 Å². The highest BCUT2D eigenvalue weighted by Crippen LogP contribution is 2.19. The summed E-state index contributed by atoms with van der Waals surface area (Å²) in [4.78, 5) is 0. The second-order valence-corrected chi connectivity index (χ2v) is 5.83. The maximum atomic E-state index is 3.49. The minimum absolute atomic E-state index is 0.464. The van der Waals surface area contributed by atoms with Crippen LogP contribution in [-0.2, 0) is 6.54 Å². The average Bonchev–Trinajstić information content (AvgIpc) is 2.32. The van der Waals surface area contributed by atoms with E-state index in [1.165, 1.54) is 24.0 Å². The summed E-state index contributed by atoms with van der Waals surface area (Å²) in [6, 6.07) is 8.75. The molecule has 0 unspecified atom stereocenters. The number of hydrogen-bond donors (Lipinski definition) is 1. The Kier molecular flexibility index (Phi) is 8.74. The lowest BCUT2D eigenvalue weighted by Crippen LogP contribution is -2.17. The molecule has 0 saturated carbocycles. The number of hydrogen-bond acceptors (Lipinski definition) is 1. The Morgan fingerprint density at radius 3 is 2.06 bits per heavy atom. The zero-order valence-electron chi connectivity index (χ0n) is 13.1. The van der Waals surface area contributed by atoms with Gasteiger partial charge in [0.15, 0.2) is 0 Å². The summed E-state index contributed by atoms with van der Waals surface area (Å²) in [5, 5.41) is 3.49. The first-order valence-electron chi connectivity index (χ1n) is 7.24. The maximum Gasteiger partial charge on any atom is 0.0205 e. The van der Waals surface area contributed by atoms with Crippen LogP contribution in [0.15, 0.2) is 24.3 Å². The molecule has 1 nitrogen and oxygen atoms in total. The highest BCUT2D eigenvalue weighted by molar-refractivity contribution is 5.20. The highest BCUT2D eigenvalue weighted by Gasteiger charge is 2.08. The van der Waals surface area contributed by atoms with Crippen molar-refractivity contribution in [1.29, 1.82) is 0 Å². The van der Waals surface area contributed by atoms with Crippen LogP contribution in [0.4, 0.5) is 0 Å². The first-order chi connectivity index (χ1) is 8.47. The minimum atomic E-state index is 0.464. The normalized spacial score (nSPS) is 10.8. The molecule has 0 aromatic heterocycles. The van der Waals surface area contributed by atoms with Crippen LogP contribution in [0.5, 0.6) is 0 Å². The molecule has 1 heteroatoms. The van der Waals surface area contributed by atoms with E-state index in [1.807, 2.05) is 13.8 Å². The average molecular weight is 249 g/mol. The molecule has 0 amide bonds. The molecule has 0 bridgehead atoms. The van der Waals surface area contributed by atoms with Crippen molar-refractivity contribution in [3.63, 3.8) is 0 Å². The second-order valence-electron chi connectivity index (χ2n) is 5.83. The van der Waals surface area contributed by atoms with Gasteiger partial charge in [-0.25, -0.2) is 0 Å². The minimum Gasteiger partial charge on any atom is -0.313 e. The standard InChI is InChI=1S/C15H25N.C2H6/c1-13-6-8-14(9-7-13)12-16-11-5-10-15(2,3)4;1-2/h6-9,16H,5,10-12H2,1-4H3;1-2H3. The summed E-state index contributed by atoms with van der Waals surface area (Å²) in [6.45, 7) is 15.1. The second kappa shape index (κ2) is 9.16. The van der Waals surface area contributed by atoms with Gasteiger partial charge in [0, 0.05) is 6.54 Å². The van der Waals surface area contributed by atoms with E-state index in [1.54, 1.807) is 0 Å². The zero-order chi connectivity index (χ0) is 14.0. The van der Waals surface area contributed by atoms with Gasteiger partial charge in [-0.15, -0.1) is 0 Å². The van der Waals surface area contributed by atoms with Crippen LogP contribution < -0.4 is 5.32 Å². The van der Waals surface area contributed by atoms with E-state index in [-0.39, 0.29) is 0 Å². The van der Waals surface area contributed by atoms with Gasteiger partial charge < -0.3 is 5.32 Å². The number of nitrogens with one attached hydrogen (secondary N) is 1. The summed E-state index contributed by atoms with van der Waals surface area (Å²) in [5.74, 6) is 0. The molecular weight excluding hydrogens is 218 g/mol. The molecule has 1 aromatic carbocycles. The SMILES string of the molecule is CC.Cc1ccc(CNCCCC(C)(C)C)cc1. The number of rotatable bonds is 5. The Bertz CT molecular complexity index is 292. The first kappa shape index (κ1) is 17.2. The van der Waals surface area contributed by atoms with Gasteiger partial charge in [0.2, 0.25) is 0 Å². The van der Waals surface area contributed by atoms with Gasteiger partial charge >= 0.3 is 0 Å². The van der Waals surface area contributed by atoms with Gasteiger partial charge in [0.05, 0.1) is 0 Å². The smallest absolute Gasteiger partial charge is 0.0205 e. The molecule has 0 heterocycles. The van der Waals surface area contributed by atoms with Gasteiger partial charge in [-0.05, 0) is 37.3 Å². The molecule has 1 aromatic rings. The van der Waals surface area contributed by atoms with E-state index >= 15 is 0 Å². The van der Waals surface area contributed by atoms with Crippen molar-refractivity contribution in [2.45, 2.75) is 60.9 Å². The quantitative estimate of drug-likeness (QED) is 0.729. The van der Waals surface area contributed by atoms with E-state index < -0.39 is 0 Å². The van der Waals surface area contributed by atoms with Crippen LogP contribution in [0.3, 0.4) is 0 Å². The first-order valence-corrected chi connectivity index (χ1v) is 7.24. The molecular formula is C17H31N. The lowest BCUT2D eigenvalue weighted by atomic mass is 9.91. The lowest BCUT2D eigenvalue weighted by molar-refractivity contribution is 0.361. The van der Waals surface area contributed by atoms with Gasteiger partial charge in [-0.2, -0.15) is 0 Å². The molecule has 0 fully saturated rings. The van der Waals surface area contributed by atoms with Crippen LogP contribution in [0.25, 0.3) is 0 Å². The van der Waals surface area contributed by atoms with E-state index in [0.717, 1.165) is 13.1 Å². The van der Waals surface area contributed by atoms with E-state index in [2.05, 4.69) is 57.3 Å². The topological polar surface area (TPSA) is 12.0 Å². The van der Waals surface area contributed by atoms with E-state index in [9.17, 15) is 0 Å². The predicted molar refractivity (Wildman–Crippen MR) is 82.9 cm³/mol. The van der Waals surface area contributed by atoms with Gasteiger partial charge in [0.25, 0.3) is 0 Å². The molecule has 0 aliphatic rings. The van der Waals surface area contributed by atoms with Crippen molar-refractivity contribution >= 4 is 0 Å². The van der Waals surface area contributed by atoms with Gasteiger partial charge in [-0.3, -0.25) is 0 Å². The Labute approximate surface area is 114 Å². The Balaban J connectivity index is 0.00000137. The van der Waals surface area contributed by atoms with Crippen molar-refractivity contribution in [2.24, 2.45) is 5.41 Å². The van der Waals surface area contributed by atoms with Gasteiger partial charge in [-0.1, -0.05) is 64.4 Å². The maximum absolute atomic E-state index is 3.49. The molecule has 1 rings (SSSR count). The predicted octanol–water partition coefficient (Wildman–Crippen LogP) is 4.94. The van der Waals surface area contributed by atoms with Crippen LogP contribution in [0, 0.1) is 12.3 Å². The van der Waals surface area contributed by atoms with Gasteiger partial charge in [0.1, 0.15) is 0 Å². The monoisotopic (exact) mass is 249 g/mol. The highest BCUT2D eigenvalue weighted by atomic mass is 14.8. The molecule has 0 spiro atoms. The number of benzene rings is 1. The summed E-state index contributed by atoms with van der Waals surface area (Å²) in [7, 11) is 0. The van der Waals surface area contributed by atoms with Crippen LogP contribution in [0.2, 0.25) is 0 Å². The lowest BCUT2D eigenvalue weighted by Gasteiger charge is -2.17. The Morgan fingerprint density at radius 2 is 1.56 bits per heavy atom. The molecule has 0 aliphatic carbocycles. The Hall–Kier alpha value is -0.820. The molecule has 1 N–H and O–H groups in total. The molecule has 0 saturated heterocycles. The molecule has 0 aliphatic heterocycles. The van der Waals surface area contributed by atoms with Crippen molar-refractivity contribution in [3.8, 4) is 0 Å². The fraction of sp³-hybridized carbons (Fsp3) is 0.647. The fourth-order valence-corrected chi connectivity index (χ4v) is 1.68. The summed E-state index contributed by atoms with van der Waals surface area (Å²) in [6.07, 6.45) is 2.54. The van der Waals surface area contributed by atoms with Crippen molar-refractivity contribution in [3.05, 3.63) is 35.4 Å². The molecule has 104 valence electrons. The Morgan fingerprint density at radius 1 is 1.00 bits per heavy atom. The van der Waals surface area contributed by atoms with Crippen LogP contribution in [0.1, 0.15) is 58.6 Å². The molecule has 0 atom stereocenters. The summed E-state index contributed by atoms with van der Waals surface area (Å²) >= 11 is 0. The van der Waals surface area contributed by atoms with Crippen LogP contribution >= 0.6 is 0 Å². The van der Waals surface area contributed by atoms with Crippen LogP contribution in [-0.4, -0.2) is 6.54 Å². The van der Waals surface area contributed by atoms with Crippen molar-refractivity contribution in [2.75, 3.05) is 6.54 Å². The van der Waals surface area contributed by atoms with E-state index in [4.69, 9.17) is 0 Å². The fourth-order valence-electron chi connectivity index (χ4n) is 1.68. The summed E-state index contributed by atoms with van der Waals surface area (Å²) in [5.41, 5.74) is 3.17. The molecule has 0 radical (unpaired) electrons. The summed E-state index contributed by atoms with van der Waals surface area (Å²) < 4.78 is 0.